The number of benzene rings is 2. The highest BCUT2D eigenvalue weighted by Gasteiger charge is 2.26. The molecule has 0 aliphatic rings. The SMILES string of the molecule is CCOC(=O)c1c(NC(=O)COc2ccc(C)cc2C(C)(C)C)sc(C)c1-c1ccc(Cl)cc1. The number of aryl methyl sites for hydroxylation is 2. The number of carbonyl (C=O) groups is 2. The lowest BCUT2D eigenvalue weighted by Crippen LogP contribution is -2.22. The number of halogens is 1. The predicted octanol–water partition coefficient (Wildman–Crippen LogP) is 7.18. The van der Waals surface area contributed by atoms with Crippen LogP contribution in [0.5, 0.6) is 5.75 Å². The van der Waals surface area contributed by atoms with Gasteiger partial charge < -0.3 is 14.8 Å². The van der Waals surface area contributed by atoms with Crippen molar-refractivity contribution in [3.63, 3.8) is 0 Å². The molecule has 0 atom stereocenters. The van der Waals surface area contributed by atoms with E-state index in [1.165, 1.54) is 11.3 Å². The first-order valence-electron chi connectivity index (χ1n) is 11.1. The fraction of sp³-hybridized carbons (Fsp3) is 0.333. The van der Waals surface area contributed by atoms with Crippen LogP contribution in [0.3, 0.4) is 0 Å². The van der Waals surface area contributed by atoms with Gasteiger partial charge in [0.2, 0.25) is 0 Å². The van der Waals surface area contributed by atoms with Crippen LogP contribution in [0.1, 0.15) is 54.1 Å². The Morgan fingerprint density at radius 1 is 1.06 bits per heavy atom. The first kappa shape index (κ1) is 25.8. The minimum Gasteiger partial charge on any atom is -0.483 e. The minimum absolute atomic E-state index is 0.132. The number of thiophene rings is 1. The van der Waals surface area contributed by atoms with Gasteiger partial charge in [0.1, 0.15) is 16.3 Å². The summed E-state index contributed by atoms with van der Waals surface area (Å²) in [5.74, 6) is -0.167. The number of hydrogen-bond donors (Lipinski definition) is 1. The van der Waals surface area contributed by atoms with Crippen molar-refractivity contribution in [1.29, 1.82) is 0 Å². The molecule has 0 saturated heterocycles. The van der Waals surface area contributed by atoms with Crippen LogP contribution in [0, 0.1) is 13.8 Å². The molecule has 0 spiro atoms. The van der Waals surface area contributed by atoms with Gasteiger partial charge in [-0.05, 0) is 55.5 Å². The Balaban J connectivity index is 1.87. The zero-order valence-electron chi connectivity index (χ0n) is 20.4. The molecule has 1 N–H and O–H groups in total. The molecule has 0 radical (unpaired) electrons. The number of carbonyl (C=O) groups excluding carboxylic acids is 2. The second-order valence-electron chi connectivity index (χ2n) is 9.05. The number of nitrogens with one attached hydrogen (secondary N) is 1. The molecule has 1 heterocycles. The summed E-state index contributed by atoms with van der Waals surface area (Å²) in [5.41, 5.74) is 3.92. The molecule has 5 nitrogen and oxygen atoms in total. The Hall–Kier alpha value is -2.83. The van der Waals surface area contributed by atoms with Crippen molar-refractivity contribution in [2.75, 3.05) is 18.5 Å². The molecule has 34 heavy (non-hydrogen) atoms. The summed E-state index contributed by atoms with van der Waals surface area (Å²) in [4.78, 5) is 26.6. The van der Waals surface area contributed by atoms with Gasteiger partial charge in [0.15, 0.2) is 6.61 Å². The Kier molecular flexibility index (Phi) is 8.05. The van der Waals surface area contributed by atoms with E-state index in [2.05, 4.69) is 32.2 Å². The summed E-state index contributed by atoms with van der Waals surface area (Å²) in [6, 6.07) is 13.2. The molecule has 0 unspecified atom stereocenters. The molecule has 0 aliphatic heterocycles. The van der Waals surface area contributed by atoms with E-state index in [0.29, 0.717) is 21.3 Å². The third-order valence-electron chi connectivity index (χ3n) is 5.25. The van der Waals surface area contributed by atoms with E-state index in [1.807, 2.05) is 38.1 Å². The Morgan fingerprint density at radius 3 is 2.35 bits per heavy atom. The maximum atomic E-state index is 12.9. The highest BCUT2D eigenvalue weighted by atomic mass is 35.5. The van der Waals surface area contributed by atoms with Crippen molar-refractivity contribution >= 4 is 39.8 Å². The van der Waals surface area contributed by atoms with Crippen molar-refractivity contribution in [2.24, 2.45) is 0 Å². The van der Waals surface area contributed by atoms with Crippen molar-refractivity contribution in [3.8, 4) is 16.9 Å². The first-order valence-corrected chi connectivity index (χ1v) is 12.3. The summed E-state index contributed by atoms with van der Waals surface area (Å²) in [6.07, 6.45) is 0. The topological polar surface area (TPSA) is 64.6 Å². The molecule has 0 saturated carbocycles. The molecule has 3 rings (SSSR count). The highest BCUT2D eigenvalue weighted by molar-refractivity contribution is 7.17. The van der Waals surface area contributed by atoms with Crippen LogP contribution in [-0.2, 0) is 14.9 Å². The maximum Gasteiger partial charge on any atom is 0.341 e. The molecule has 0 aliphatic carbocycles. The second kappa shape index (κ2) is 10.6. The summed E-state index contributed by atoms with van der Waals surface area (Å²) in [6.45, 7) is 12.0. The molecule has 180 valence electrons. The third kappa shape index (κ3) is 5.99. The Labute approximate surface area is 210 Å². The van der Waals surface area contributed by atoms with E-state index in [9.17, 15) is 9.59 Å². The van der Waals surface area contributed by atoms with Crippen molar-refractivity contribution in [3.05, 3.63) is 69.1 Å². The molecule has 1 aromatic heterocycles. The van der Waals surface area contributed by atoms with Crippen LogP contribution in [-0.4, -0.2) is 25.1 Å². The van der Waals surface area contributed by atoms with Gasteiger partial charge in [-0.1, -0.05) is 62.2 Å². The van der Waals surface area contributed by atoms with Gasteiger partial charge in [0, 0.05) is 15.5 Å². The summed E-state index contributed by atoms with van der Waals surface area (Å²) >= 11 is 7.37. The van der Waals surface area contributed by atoms with Gasteiger partial charge in [-0.25, -0.2) is 4.79 Å². The number of amides is 1. The average molecular weight is 500 g/mol. The van der Waals surface area contributed by atoms with Gasteiger partial charge in [0.25, 0.3) is 5.91 Å². The summed E-state index contributed by atoms with van der Waals surface area (Å²) < 4.78 is 11.2. The van der Waals surface area contributed by atoms with E-state index in [-0.39, 0.29) is 24.5 Å². The average Bonchev–Trinajstić information content (AvgIpc) is 3.08. The van der Waals surface area contributed by atoms with Gasteiger partial charge in [0.05, 0.1) is 6.61 Å². The van der Waals surface area contributed by atoms with Gasteiger partial charge in [-0.15, -0.1) is 11.3 Å². The van der Waals surface area contributed by atoms with Crippen LogP contribution in [0.4, 0.5) is 5.00 Å². The highest BCUT2D eigenvalue weighted by Crippen LogP contribution is 2.41. The zero-order chi connectivity index (χ0) is 25.0. The van der Waals surface area contributed by atoms with Crippen molar-refractivity contribution < 1.29 is 19.1 Å². The van der Waals surface area contributed by atoms with Crippen LogP contribution < -0.4 is 10.1 Å². The van der Waals surface area contributed by atoms with Gasteiger partial charge >= 0.3 is 5.97 Å². The fourth-order valence-corrected chi connectivity index (χ4v) is 4.86. The number of hydrogen-bond acceptors (Lipinski definition) is 5. The fourth-order valence-electron chi connectivity index (χ4n) is 3.66. The van der Waals surface area contributed by atoms with Crippen LogP contribution >= 0.6 is 22.9 Å². The monoisotopic (exact) mass is 499 g/mol. The van der Waals surface area contributed by atoms with E-state index >= 15 is 0 Å². The molecule has 1 amide bonds. The van der Waals surface area contributed by atoms with E-state index < -0.39 is 5.97 Å². The predicted molar refractivity (Wildman–Crippen MR) is 139 cm³/mol. The van der Waals surface area contributed by atoms with Crippen LogP contribution in [0.25, 0.3) is 11.1 Å². The molecule has 7 heteroatoms. The molecular weight excluding hydrogens is 470 g/mol. The quantitative estimate of drug-likeness (QED) is 0.350. The summed E-state index contributed by atoms with van der Waals surface area (Å²) in [5, 5.41) is 3.90. The third-order valence-corrected chi connectivity index (χ3v) is 6.52. The lowest BCUT2D eigenvalue weighted by Gasteiger charge is -2.23. The van der Waals surface area contributed by atoms with E-state index in [1.54, 1.807) is 19.1 Å². The maximum absolute atomic E-state index is 12.9. The first-order chi connectivity index (χ1) is 16.0. The lowest BCUT2D eigenvalue weighted by molar-refractivity contribution is -0.118. The molecule has 2 aromatic carbocycles. The van der Waals surface area contributed by atoms with E-state index in [0.717, 1.165) is 27.1 Å². The molecule has 0 bridgehead atoms. The van der Waals surface area contributed by atoms with E-state index in [4.69, 9.17) is 21.1 Å². The Morgan fingerprint density at radius 2 is 1.74 bits per heavy atom. The molecule has 3 aromatic rings. The number of ether oxygens (including phenoxy) is 2. The second-order valence-corrected chi connectivity index (χ2v) is 10.7. The summed E-state index contributed by atoms with van der Waals surface area (Å²) in [7, 11) is 0. The zero-order valence-corrected chi connectivity index (χ0v) is 21.9. The lowest BCUT2D eigenvalue weighted by atomic mass is 9.85. The largest absolute Gasteiger partial charge is 0.483 e. The normalized spacial score (nSPS) is 11.3. The Bertz CT molecular complexity index is 1190. The van der Waals surface area contributed by atoms with Crippen molar-refractivity contribution in [1.82, 2.24) is 0 Å². The van der Waals surface area contributed by atoms with Crippen molar-refractivity contribution in [2.45, 2.75) is 47.0 Å². The standard InChI is InChI=1S/C27H30ClNO4S/c1-7-32-26(31)24-23(18-9-11-19(28)12-10-18)17(3)34-25(24)29-22(30)15-33-21-13-8-16(2)14-20(21)27(4,5)6/h8-14H,7,15H2,1-6H3,(H,29,30). The minimum atomic E-state index is -0.485. The van der Waals surface area contributed by atoms with Crippen LogP contribution in [0.2, 0.25) is 5.02 Å². The van der Waals surface area contributed by atoms with Gasteiger partial charge in [-0.2, -0.15) is 0 Å². The van der Waals surface area contributed by atoms with Crippen LogP contribution in [0.15, 0.2) is 42.5 Å². The smallest absolute Gasteiger partial charge is 0.341 e. The number of anilines is 1. The number of esters is 1. The van der Waals surface area contributed by atoms with Gasteiger partial charge in [-0.3, -0.25) is 4.79 Å². The number of rotatable bonds is 7. The molecular formula is C27H30ClNO4S. The molecule has 0 fully saturated rings.